The average Bonchev–Trinajstić information content (AvgIpc) is 2.69. The molecule has 0 radical (unpaired) electrons. The van der Waals surface area contributed by atoms with Crippen LogP contribution in [0.4, 0.5) is 4.79 Å². The Bertz CT molecular complexity index is 778. The lowest BCUT2D eigenvalue weighted by Gasteiger charge is -2.39. The Labute approximate surface area is 171 Å². The smallest absolute Gasteiger partial charge is 0.410 e. The zero-order valence-corrected chi connectivity index (χ0v) is 17.7. The van der Waals surface area contributed by atoms with Crippen molar-refractivity contribution in [1.29, 1.82) is 0 Å². The molecule has 1 atom stereocenters. The van der Waals surface area contributed by atoms with Crippen molar-refractivity contribution in [3.63, 3.8) is 0 Å². The Balaban J connectivity index is 1.97. The first-order valence-corrected chi connectivity index (χ1v) is 11.4. The molecule has 0 spiro atoms. The van der Waals surface area contributed by atoms with E-state index in [4.69, 9.17) is 4.74 Å². The highest BCUT2D eigenvalue weighted by atomic mass is 32.2. The number of ether oxygens (including phenoxy) is 1. The molecule has 2 rings (SSSR count). The van der Waals surface area contributed by atoms with Gasteiger partial charge in [0, 0.05) is 38.8 Å². The third-order valence-electron chi connectivity index (χ3n) is 4.95. The van der Waals surface area contributed by atoms with Gasteiger partial charge in [0.05, 0.1) is 6.26 Å². The van der Waals surface area contributed by atoms with Gasteiger partial charge in [-0.15, -0.1) is 0 Å². The van der Waals surface area contributed by atoms with Gasteiger partial charge in [-0.1, -0.05) is 37.3 Å². The first kappa shape index (κ1) is 23.1. The van der Waals surface area contributed by atoms with E-state index in [1.54, 1.807) is 0 Å². The van der Waals surface area contributed by atoms with Gasteiger partial charge in [0.15, 0.2) is 0 Å². The molecular weight excluding hydrogens is 398 g/mol. The van der Waals surface area contributed by atoms with Gasteiger partial charge in [-0.05, 0) is 12.0 Å². The van der Waals surface area contributed by atoms with Crippen LogP contribution in [0.5, 0.6) is 0 Å². The highest BCUT2D eigenvalue weighted by Gasteiger charge is 2.30. The third kappa shape index (κ3) is 7.30. The lowest BCUT2D eigenvalue weighted by atomic mass is 10.1. The lowest BCUT2D eigenvalue weighted by Crippen LogP contribution is -2.55. The van der Waals surface area contributed by atoms with E-state index in [2.05, 4.69) is 4.90 Å². The second-order valence-corrected chi connectivity index (χ2v) is 9.06. The number of hydrogen-bond acceptors (Lipinski definition) is 6. The summed E-state index contributed by atoms with van der Waals surface area (Å²) in [5, 5.41) is 9.20. The fourth-order valence-electron chi connectivity index (χ4n) is 3.34. The van der Waals surface area contributed by atoms with E-state index in [1.807, 2.05) is 37.3 Å². The molecule has 0 bridgehead atoms. The minimum atomic E-state index is -3.22. The molecular formula is C19H29N3O6S. The maximum Gasteiger partial charge on any atom is 0.410 e. The van der Waals surface area contributed by atoms with E-state index >= 15 is 0 Å². The highest BCUT2D eigenvalue weighted by molar-refractivity contribution is 7.88. The molecule has 10 heteroatoms. The van der Waals surface area contributed by atoms with E-state index in [-0.39, 0.29) is 19.2 Å². The minimum absolute atomic E-state index is 0.0691. The van der Waals surface area contributed by atoms with Crippen LogP contribution in [-0.4, -0.2) is 91.3 Å². The van der Waals surface area contributed by atoms with Gasteiger partial charge in [-0.2, -0.15) is 4.31 Å². The number of amides is 1. The maximum atomic E-state index is 12.5. The van der Waals surface area contributed by atoms with Crippen molar-refractivity contribution in [3.8, 4) is 0 Å². The quantitative estimate of drug-likeness (QED) is 0.628. The molecule has 1 aromatic rings. The van der Waals surface area contributed by atoms with Crippen LogP contribution >= 0.6 is 0 Å². The first-order valence-electron chi connectivity index (χ1n) is 9.57. The van der Waals surface area contributed by atoms with Crippen LogP contribution in [0.1, 0.15) is 18.9 Å². The van der Waals surface area contributed by atoms with Crippen LogP contribution in [0, 0.1) is 0 Å². The number of piperazine rings is 1. The Kier molecular flexibility index (Phi) is 8.42. The Morgan fingerprint density at radius 1 is 1.17 bits per heavy atom. The zero-order valence-electron chi connectivity index (χ0n) is 16.9. The molecule has 1 amide bonds. The molecule has 29 heavy (non-hydrogen) atoms. The average molecular weight is 428 g/mol. The number of carboxylic acid groups (broad SMARTS) is 1. The fourth-order valence-corrected chi connectivity index (χ4v) is 4.16. The number of aliphatic carboxylic acids is 1. The summed E-state index contributed by atoms with van der Waals surface area (Å²) in [5.41, 5.74) is 0.820. The number of benzene rings is 1. The predicted octanol–water partition coefficient (Wildman–Crippen LogP) is 1.07. The predicted molar refractivity (Wildman–Crippen MR) is 108 cm³/mol. The number of hydrogen-bond donors (Lipinski definition) is 1. The van der Waals surface area contributed by atoms with Gasteiger partial charge in [0.25, 0.3) is 0 Å². The maximum absolute atomic E-state index is 12.5. The van der Waals surface area contributed by atoms with Crippen LogP contribution in [0.25, 0.3) is 0 Å². The Morgan fingerprint density at radius 2 is 1.79 bits per heavy atom. The van der Waals surface area contributed by atoms with Crippen LogP contribution < -0.4 is 0 Å². The summed E-state index contributed by atoms with van der Waals surface area (Å²) in [6.45, 7) is 3.61. The molecule has 9 nitrogen and oxygen atoms in total. The SMILES string of the molecule is CC[C@@H](CN(CC(=O)O)C(=O)OCc1ccccc1)N1CCN(S(C)(=O)=O)CC1. The van der Waals surface area contributed by atoms with Crippen molar-refractivity contribution in [2.75, 3.05) is 45.5 Å². The first-order chi connectivity index (χ1) is 13.7. The Hall–Kier alpha value is -2.17. The molecule has 1 heterocycles. The monoisotopic (exact) mass is 427 g/mol. The van der Waals surface area contributed by atoms with Crippen LogP contribution in [0.15, 0.2) is 30.3 Å². The number of sulfonamides is 1. The molecule has 1 aliphatic heterocycles. The van der Waals surface area contributed by atoms with E-state index in [0.717, 1.165) is 5.56 Å². The summed E-state index contributed by atoms with van der Waals surface area (Å²) in [4.78, 5) is 27.1. The topological polar surface area (TPSA) is 107 Å². The standard InChI is InChI=1S/C19H29N3O6S/c1-3-17(20-9-11-22(12-10-20)29(2,26)27)13-21(14-18(23)24)19(25)28-15-16-7-5-4-6-8-16/h4-8,17H,3,9-15H2,1-2H3,(H,23,24)/t17-/m0/s1. The second-order valence-electron chi connectivity index (χ2n) is 7.07. The van der Waals surface area contributed by atoms with Crippen molar-refractivity contribution < 1.29 is 27.9 Å². The summed E-state index contributed by atoms with van der Waals surface area (Å²) < 4.78 is 30.1. The van der Waals surface area contributed by atoms with Crippen LogP contribution in [-0.2, 0) is 26.2 Å². The number of nitrogens with zero attached hydrogens (tertiary/aromatic N) is 3. The van der Waals surface area contributed by atoms with Crippen molar-refractivity contribution in [2.24, 2.45) is 0 Å². The van der Waals surface area contributed by atoms with Crippen LogP contribution in [0.2, 0.25) is 0 Å². The second kappa shape index (κ2) is 10.6. The highest BCUT2D eigenvalue weighted by Crippen LogP contribution is 2.14. The van der Waals surface area contributed by atoms with Crippen LogP contribution in [0.3, 0.4) is 0 Å². The number of carbonyl (C=O) groups excluding carboxylic acids is 1. The minimum Gasteiger partial charge on any atom is -0.480 e. The number of rotatable bonds is 9. The zero-order chi connectivity index (χ0) is 21.4. The molecule has 162 valence electrons. The molecule has 1 aromatic carbocycles. The largest absolute Gasteiger partial charge is 0.480 e. The molecule has 1 fully saturated rings. The van der Waals surface area contributed by atoms with E-state index in [9.17, 15) is 23.1 Å². The lowest BCUT2D eigenvalue weighted by molar-refractivity contribution is -0.138. The van der Waals surface area contributed by atoms with Gasteiger partial charge in [0.1, 0.15) is 13.2 Å². The van der Waals surface area contributed by atoms with E-state index in [0.29, 0.717) is 32.6 Å². The third-order valence-corrected chi connectivity index (χ3v) is 6.25. The molecule has 0 aliphatic carbocycles. The summed E-state index contributed by atoms with van der Waals surface area (Å²) >= 11 is 0. The van der Waals surface area contributed by atoms with Crippen molar-refractivity contribution in [3.05, 3.63) is 35.9 Å². The van der Waals surface area contributed by atoms with Gasteiger partial charge >= 0.3 is 12.1 Å². The summed E-state index contributed by atoms with van der Waals surface area (Å²) in [6, 6.07) is 9.09. The molecule has 1 saturated heterocycles. The number of carbonyl (C=O) groups is 2. The molecule has 0 unspecified atom stereocenters. The molecule has 0 saturated carbocycles. The molecule has 1 N–H and O–H groups in total. The summed E-state index contributed by atoms with van der Waals surface area (Å²) in [5.74, 6) is -1.11. The van der Waals surface area contributed by atoms with Gasteiger partial charge in [0.2, 0.25) is 10.0 Å². The molecule has 1 aliphatic rings. The normalized spacial score (nSPS) is 16.9. The fraction of sp³-hybridized carbons (Fsp3) is 0.579. The van der Waals surface area contributed by atoms with Gasteiger partial charge < -0.3 is 9.84 Å². The van der Waals surface area contributed by atoms with Gasteiger partial charge in [-0.25, -0.2) is 13.2 Å². The summed E-state index contributed by atoms with van der Waals surface area (Å²) in [6.07, 6.45) is 1.21. The van der Waals surface area contributed by atoms with Gasteiger partial charge in [-0.3, -0.25) is 14.6 Å². The summed E-state index contributed by atoms with van der Waals surface area (Å²) in [7, 11) is -3.22. The van der Waals surface area contributed by atoms with E-state index in [1.165, 1.54) is 15.5 Å². The Morgan fingerprint density at radius 3 is 2.31 bits per heavy atom. The van der Waals surface area contributed by atoms with Crippen molar-refractivity contribution in [2.45, 2.75) is 26.0 Å². The van der Waals surface area contributed by atoms with Crippen molar-refractivity contribution in [1.82, 2.24) is 14.1 Å². The number of carboxylic acids is 1. The molecule has 0 aromatic heterocycles. The van der Waals surface area contributed by atoms with Crippen molar-refractivity contribution >= 4 is 22.1 Å². The van der Waals surface area contributed by atoms with E-state index < -0.39 is 28.6 Å².